The SMILES string of the molecule is OCCN1CCCN(CCc2ccncc2)CC1. The van der Waals surface area contributed by atoms with E-state index in [9.17, 15) is 0 Å². The second-order valence-electron chi connectivity index (χ2n) is 4.87. The van der Waals surface area contributed by atoms with E-state index in [1.807, 2.05) is 12.4 Å². The summed E-state index contributed by atoms with van der Waals surface area (Å²) in [6.07, 6.45) is 6.03. The van der Waals surface area contributed by atoms with E-state index in [-0.39, 0.29) is 6.61 Å². The molecule has 1 aromatic heterocycles. The molecule has 1 aromatic rings. The van der Waals surface area contributed by atoms with Crippen LogP contribution in [0.15, 0.2) is 24.5 Å². The average molecular weight is 249 g/mol. The Morgan fingerprint density at radius 3 is 2.33 bits per heavy atom. The molecule has 1 aliphatic rings. The van der Waals surface area contributed by atoms with Crippen molar-refractivity contribution >= 4 is 0 Å². The predicted octanol–water partition coefficient (Wildman–Crippen LogP) is 0.624. The Hall–Kier alpha value is -0.970. The van der Waals surface area contributed by atoms with Crippen molar-refractivity contribution in [2.45, 2.75) is 12.8 Å². The third kappa shape index (κ3) is 4.37. The second kappa shape index (κ2) is 7.46. The highest BCUT2D eigenvalue weighted by molar-refractivity contribution is 5.09. The van der Waals surface area contributed by atoms with Gasteiger partial charge in [0.2, 0.25) is 0 Å². The van der Waals surface area contributed by atoms with Crippen LogP contribution in [-0.2, 0) is 6.42 Å². The van der Waals surface area contributed by atoms with Crippen molar-refractivity contribution in [3.63, 3.8) is 0 Å². The number of aliphatic hydroxyl groups excluding tert-OH is 1. The summed E-state index contributed by atoms with van der Waals surface area (Å²) in [6.45, 7) is 6.70. The van der Waals surface area contributed by atoms with Crippen LogP contribution in [0.4, 0.5) is 0 Å². The topological polar surface area (TPSA) is 39.6 Å². The number of pyridine rings is 1. The van der Waals surface area contributed by atoms with Crippen LogP contribution in [0.1, 0.15) is 12.0 Å². The third-order valence-corrected chi connectivity index (χ3v) is 3.56. The van der Waals surface area contributed by atoms with Gasteiger partial charge in [0.15, 0.2) is 0 Å². The quantitative estimate of drug-likeness (QED) is 0.830. The number of nitrogens with zero attached hydrogens (tertiary/aromatic N) is 3. The van der Waals surface area contributed by atoms with Gasteiger partial charge in [0, 0.05) is 38.6 Å². The van der Waals surface area contributed by atoms with E-state index in [4.69, 9.17) is 5.11 Å². The molecule has 0 spiro atoms. The molecule has 1 fully saturated rings. The normalized spacial score (nSPS) is 18.7. The van der Waals surface area contributed by atoms with Gasteiger partial charge in [-0.15, -0.1) is 0 Å². The second-order valence-corrected chi connectivity index (χ2v) is 4.87. The molecule has 0 saturated carbocycles. The zero-order chi connectivity index (χ0) is 12.6. The molecule has 4 heteroatoms. The molecule has 0 aliphatic carbocycles. The molecule has 18 heavy (non-hydrogen) atoms. The Morgan fingerprint density at radius 1 is 1.00 bits per heavy atom. The Bertz CT molecular complexity index is 331. The van der Waals surface area contributed by atoms with Crippen molar-refractivity contribution in [1.29, 1.82) is 0 Å². The van der Waals surface area contributed by atoms with Gasteiger partial charge in [-0.2, -0.15) is 0 Å². The zero-order valence-electron chi connectivity index (χ0n) is 11.0. The van der Waals surface area contributed by atoms with Gasteiger partial charge in [-0.05, 0) is 43.6 Å². The van der Waals surface area contributed by atoms with E-state index < -0.39 is 0 Å². The molecule has 0 amide bonds. The maximum atomic E-state index is 8.97. The van der Waals surface area contributed by atoms with E-state index in [0.717, 1.165) is 39.1 Å². The average Bonchev–Trinajstić information content (AvgIpc) is 2.64. The fourth-order valence-corrected chi connectivity index (χ4v) is 2.45. The van der Waals surface area contributed by atoms with E-state index in [0.29, 0.717) is 0 Å². The van der Waals surface area contributed by atoms with Crippen LogP contribution in [0.3, 0.4) is 0 Å². The van der Waals surface area contributed by atoms with E-state index >= 15 is 0 Å². The Kier molecular flexibility index (Phi) is 5.58. The first-order valence-electron chi connectivity index (χ1n) is 6.83. The van der Waals surface area contributed by atoms with Crippen molar-refractivity contribution in [3.8, 4) is 0 Å². The fourth-order valence-electron chi connectivity index (χ4n) is 2.45. The lowest BCUT2D eigenvalue weighted by molar-refractivity contribution is 0.197. The van der Waals surface area contributed by atoms with Crippen LogP contribution < -0.4 is 0 Å². The molecule has 4 nitrogen and oxygen atoms in total. The van der Waals surface area contributed by atoms with Crippen LogP contribution in [-0.4, -0.2) is 65.8 Å². The number of aliphatic hydroxyl groups is 1. The summed E-state index contributed by atoms with van der Waals surface area (Å²) in [5.74, 6) is 0. The van der Waals surface area contributed by atoms with Crippen LogP contribution in [0.2, 0.25) is 0 Å². The first kappa shape index (κ1) is 13.5. The highest BCUT2D eigenvalue weighted by Crippen LogP contribution is 2.05. The smallest absolute Gasteiger partial charge is 0.0558 e. The summed E-state index contributed by atoms with van der Waals surface area (Å²) in [5.41, 5.74) is 1.36. The van der Waals surface area contributed by atoms with Gasteiger partial charge >= 0.3 is 0 Å². The molecule has 1 saturated heterocycles. The van der Waals surface area contributed by atoms with Crippen LogP contribution >= 0.6 is 0 Å². The summed E-state index contributed by atoms with van der Waals surface area (Å²) in [4.78, 5) is 8.92. The number of β-amino-alcohol motifs (C(OH)–C–C–N with tert-alkyl or cyclic N) is 1. The van der Waals surface area contributed by atoms with Gasteiger partial charge < -0.3 is 10.0 Å². The largest absolute Gasteiger partial charge is 0.395 e. The standard InChI is InChI=1S/C14H23N3O/c18-13-12-17-8-1-7-16(10-11-17)9-4-14-2-5-15-6-3-14/h2-3,5-6,18H,1,4,7-13H2. The summed E-state index contributed by atoms with van der Waals surface area (Å²) < 4.78 is 0. The van der Waals surface area contributed by atoms with Gasteiger partial charge in [0.25, 0.3) is 0 Å². The summed E-state index contributed by atoms with van der Waals surface area (Å²) in [5, 5.41) is 8.97. The van der Waals surface area contributed by atoms with Gasteiger partial charge in [0.05, 0.1) is 6.61 Å². The van der Waals surface area contributed by atoms with Gasteiger partial charge in [-0.3, -0.25) is 9.88 Å². The number of aromatic nitrogens is 1. The molecule has 0 bridgehead atoms. The molecule has 100 valence electrons. The van der Waals surface area contributed by atoms with Crippen molar-refractivity contribution in [2.75, 3.05) is 45.9 Å². The molecule has 0 unspecified atom stereocenters. The first-order chi connectivity index (χ1) is 8.88. The maximum Gasteiger partial charge on any atom is 0.0558 e. The number of hydrogen-bond donors (Lipinski definition) is 1. The minimum atomic E-state index is 0.275. The van der Waals surface area contributed by atoms with E-state index in [1.54, 1.807) is 0 Å². The van der Waals surface area contributed by atoms with Gasteiger partial charge in [0.1, 0.15) is 0 Å². The molecule has 0 radical (unpaired) electrons. The molecule has 0 aromatic carbocycles. The van der Waals surface area contributed by atoms with Gasteiger partial charge in [-0.25, -0.2) is 0 Å². The van der Waals surface area contributed by atoms with Gasteiger partial charge in [-0.1, -0.05) is 0 Å². The van der Waals surface area contributed by atoms with Crippen molar-refractivity contribution in [1.82, 2.24) is 14.8 Å². The molecule has 1 N–H and O–H groups in total. The minimum absolute atomic E-state index is 0.275. The van der Waals surface area contributed by atoms with Crippen molar-refractivity contribution < 1.29 is 5.11 Å². The third-order valence-electron chi connectivity index (χ3n) is 3.56. The fraction of sp³-hybridized carbons (Fsp3) is 0.643. The minimum Gasteiger partial charge on any atom is -0.395 e. The van der Waals surface area contributed by atoms with Crippen LogP contribution in [0.25, 0.3) is 0 Å². The number of hydrogen-bond acceptors (Lipinski definition) is 4. The Labute approximate surface area is 109 Å². The first-order valence-corrected chi connectivity index (χ1v) is 6.83. The molecule has 0 atom stereocenters. The summed E-state index contributed by atoms with van der Waals surface area (Å²) >= 11 is 0. The molecule has 2 rings (SSSR count). The number of rotatable bonds is 5. The van der Waals surface area contributed by atoms with E-state index in [1.165, 1.54) is 18.5 Å². The Morgan fingerprint density at radius 2 is 1.67 bits per heavy atom. The van der Waals surface area contributed by atoms with Crippen molar-refractivity contribution in [2.24, 2.45) is 0 Å². The van der Waals surface area contributed by atoms with E-state index in [2.05, 4.69) is 26.9 Å². The molecular formula is C14H23N3O. The summed E-state index contributed by atoms with van der Waals surface area (Å²) in [6, 6.07) is 4.19. The lowest BCUT2D eigenvalue weighted by Gasteiger charge is -2.21. The highest BCUT2D eigenvalue weighted by Gasteiger charge is 2.13. The molecule has 1 aliphatic heterocycles. The highest BCUT2D eigenvalue weighted by atomic mass is 16.3. The molecular weight excluding hydrogens is 226 g/mol. The maximum absolute atomic E-state index is 8.97. The monoisotopic (exact) mass is 249 g/mol. The lowest BCUT2D eigenvalue weighted by Crippen LogP contribution is -2.33. The predicted molar refractivity (Wildman–Crippen MR) is 72.5 cm³/mol. The lowest BCUT2D eigenvalue weighted by atomic mass is 10.2. The molecule has 2 heterocycles. The Balaban J connectivity index is 1.73. The zero-order valence-corrected chi connectivity index (χ0v) is 11.0. The van der Waals surface area contributed by atoms with Crippen molar-refractivity contribution in [3.05, 3.63) is 30.1 Å². The summed E-state index contributed by atoms with van der Waals surface area (Å²) in [7, 11) is 0. The van der Waals surface area contributed by atoms with Crippen LogP contribution in [0.5, 0.6) is 0 Å². The van der Waals surface area contributed by atoms with Crippen LogP contribution in [0, 0.1) is 0 Å².